The van der Waals surface area contributed by atoms with Gasteiger partial charge in [0.15, 0.2) is 0 Å². The number of carbonyl (C=O) groups is 1. The van der Waals surface area contributed by atoms with E-state index in [0.717, 1.165) is 4.48 Å². The predicted octanol–water partition coefficient (Wildman–Crippen LogP) is 1.26. The number of carbonyl (C=O) groups excluding carboxylic acids is 1. The molecule has 2 amide bonds. The number of halogens is 1. The van der Waals surface area contributed by atoms with Crippen LogP contribution < -0.4 is 5.32 Å². The van der Waals surface area contributed by atoms with Crippen LogP contribution in [0.15, 0.2) is 27.2 Å². The zero-order valence-corrected chi connectivity index (χ0v) is 8.00. The first-order valence-corrected chi connectivity index (χ1v) is 4.38. The summed E-state index contributed by atoms with van der Waals surface area (Å²) in [7, 11) is 0. The number of nitrogens with zero attached hydrogens (tertiary/aromatic N) is 2. The molecule has 2 rings (SSSR count). The zero-order valence-electron chi connectivity index (χ0n) is 6.41. The highest BCUT2D eigenvalue weighted by Gasteiger charge is 2.29. The summed E-state index contributed by atoms with van der Waals surface area (Å²) in [6.45, 7) is 0. The van der Waals surface area contributed by atoms with Crippen molar-refractivity contribution in [2.45, 2.75) is 6.04 Å². The molecule has 0 aromatic carbocycles. The van der Waals surface area contributed by atoms with Crippen LogP contribution in [-0.4, -0.2) is 17.8 Å². The number of aliphatic imine (C=N–C) groups is 1. The third kappa shape index (κ3) is 1.29. The average Bonchev–Trinajstić information content (AvgIpc) is 2.46. The van der Waals surface area contributed by atoms with Gasteiger partial charge in [-0.25, -0.2) is 4.79 Å². The molecule has 1 atom stereocenters. The summed E-state index contributed by atoms with van der Waals surface area (Å²) in [5.41, 5.74) is 1.09. The Balaban J connectivity index is 2.46. The number of rotatable bonds is 0. The monoisotopic (exact) mass is 237 g/mol. The summed E-state index contributed by atoms with van der Waals surface area (Å²) in [6.07, 6.45) is 3.28. The van der Waals surface area contributed by atoms with Gasteiger partial charge in [-0.3, -0.25) is 0 Å². The van der Waals surface area contributed by atoms with Gasteiger partial charge in [0.05, 0.1) is 17.4 Å². The molecule has 0 saturated heterocycles. The van der Waals surface area contributed by atoms with Gasteiger partial charge in [-0.15, -0.1) is 0 Å². The van der Waals surface area contributed by atoms with E-state index in [0.29, 0.717) is 11.3 Å². The van der Waals surface area contributed by atoms with E-state index >= 15 is 0 Å². The van der Waals surface area contributed by atoms with Crippen LogP contribution in [0.5, 0.6) is 0 Å². The van der Waals surface area contributed by atoms with Gasteiger partial charge in [-0.2, -0.15) is 10.3 Å². The second-order valence-corrected chi connectivity index (χ2v) is 3.58. The van der Waals surface area contributed by atoms with Crippen LogP contribution in [0.3, 0.4) is 0 Å². The lowest BCUT2D eigenvalue weighted by Crippen LogP contribution is -2.32. The first-order chi connectivity index (χ1) is 6.20. The molecule has 0 spiro atoms. The van der Waals surface area contributed by atoms with Crippen molar-refractivity contribution in [3.05, 3.63) is 22.2 Å². The van der Waals surface area contributed by atoms with Crippen LogP contribution >= 0.6 is 15.9 Å². The lowest BCUT2D eigenvalue weighted by atomic mass is 10.0. The van der Waals surface area contributed by atoms with E-state index in [2.05, 4.69) is 26.2 Å². The smallest absolute Gasteiger partial charge is 0.323 e. The van der Waals surface area contributed by atoms with Gasteiger partial charge in [-0.1, -0.05) is 15.9 Å². The van der Waals surface area contributed by atoms with E-state index in [4.69, 9.17) is 5.26 Å². The van der Waals surface area contributed by atoms with Crippen LogP contribution in [0.25, 0.3) is 0 Å². The third-order valence-corrected chi connectivity index (χ3v) is 2.48. The number of nitrogens with one attached hydrogen (secondary N) is 1. The molecule has 0 aromatic heterocycles. The highest BCUT2D eigenvalue weighted by molar-refractivity contribution is 9.11. The largest absolute Gasteiger partial charge is 0.342 e. The van der Waals surface area contributed by atoms with Crippen molar-refractivity contribution in [2.24, 2.45) is 4.99 Å². The molecule has 1 heterocycles. The Morgan fingerprint density at radius 1 is 1.62 bits per heavy atom. The van der Waals surface area contributed by atoms with Crippen LogP contribution in [0.2, 0.25) is 0 Å². The first kappa shape index (κ1) is 8.20. The van der Waals surface area contributed by atoms with Gasteiger partial charge in [0.1, 0.15) is 6.04 Å². The van der Waals surface area contributed by atoms with Crippen molar-refractivity contribution in [3.8, 4) is 6.07 Å². The van der Waals surface area contributed by atoms with Gasteiger partial charge in [0, 0.05) is 4.48 Å². The fraction of sp³-hybridized carbons (Fsp3) is 0.125. The van der Waals surface area contributed by atoms with Gasteiger partial charge in [0.25, 0.3) is 0 Å². The molecule has 1 N–H and O–H groups in total. The highest BCUT2D eigenvalue weighted by atomic mass is 79.9. The molecule has 64 valence electrons. The average molecular weight is 238 g/mol. The Kier molecular flexibility index (Phi) is 1.78. The minimum Gasteiger partial charge on any atom is -0.323 e. The van der Waals surface area contributed by atoms with Gasteiger partial charge in [-0.05, 0) is 12.2 Å². The molecule has 0 aromatic rings. The maximum atomic E-state index is 10.9. The Labute approximate surface area is 82.8 Å². The third-order valence-electron chi connectivity index (χ3n) is 1.80. The van der Waals surface area contributed by atoms with Crippen LogP contribution in [0.1, 0.15) is 0 Å². The first-order valence-electron chi connectivity index (χ1n) is 3.58. The normalized spacial score (nSPS) is 25.1. The summed E-state index contributed by atoms with van der Waals surface area (Å²) in [4.78, 5) is 14.6. The maximum absolute atomic E-state index is 10.9. The number of urea groups is 1. The second kappa shape index (κ2) is 2.82. The van der Waals surface area contributed by atoms with E-state index in [1.807, 2.05) is 6.07 Å². The van der Waals surface area contributed by atoms with Crippen molar-refractivity contribution in [3.63, 3.8) is 0 Å². The van der Waals surface area contributed by atoms with Crippen molar-refractivity contribution in [1.82, 2.24) is 5.32 Å². The van der Waals surface area contributed by atoms with E-state index in [1.54, 1.807) is 12.2 Å². The van der Waals surface area contributed by atoms with Crippen molar-refractivity contribution < 1.29 is 4.79 Å². The molecule has 5 heteroatoms. The standard InChI is InChI=1S/C8H4BrN3O/c9-5-1-4(3-10)2-6-7(5)12-8(13)11-6/h1-2,7H,(H,12,13). The minimum absolute atomic E-state index is 0.204. The molecule has 2 aliphatic rings. The molecule has 1 unspecified atom stereocenters. The highest BCUT2D eigenvalue weighted by Crippen LogP contribution is 2.23. The predicted molar refractivity (Wildman–Crippen MR) is 50.5 cm³/mol. The number of amides is 2. The van der Waals surface area contributed by atoms with Crippen molar-refractivity contribution in [1.29, 1.82) is 5.26 Å². The van der Waals surface area contributed by atoms with E-state index in [-0.39, 0.29) is 12.1 Å². The number of allylic oxidation sites excluding steroid dienone is 2. The van der Waals surface area contributed by atoms with Crippen molar-refractivity contribution in [2.75, 3.05) is 0 Å². The lowest BCUT2D eigenvalue weighted by Gasteiger charge is -2.13. The molecular formula is C8H4BrN3O. The summed E-state index contributed by atoms with van der Waals surface area (Å²) in [5.74, 6) is 0. The molecule has 13 heavy (non-hydrogen) atoms. The molecule has 0 radical (unpaired) electrons. The molecular weight excluding hydrogens is 234 g/mol. The quantitative estimate of drug-likeness (QED) is 0.690. The van der Waals surface area contributed by atoms with Gasteiger partial charge in [0.2, 0.25) is 0 Å². The number of nitriles is 1. The summed E-state index contributed by atoms with van der Waals surface area (Å²) >= 11 is 3.28. The molecule has 1 aliphatic heterocycles. The molecule has 1 aliphatic carbocycles. The number of hydrogen-bond donors (Lipinski definition) is 1. The molecule has 0 fully saturated rings. The Bertz CT molecular complexity index is 414. The topological polar surface area (TPSA) is 65.2 Å². The zero-order chi connectivity index (χ0) is 9.42. The second-order valence-electron chi connectivity index (χ2n) is 2.66. The molecule has 4 nitrogen and oxygen atoms in total. The van der Waals surface area contributed by atoms with E-state index < -0.39 is 0 Å². The molecule has 0 bridgehead atoms. The fourth-order valence-electron chi connectivity index (χ4n) is 1.23. The summed E-state index contributed by atoms with van der Waals surface area (Å²) < 4.78 is 0.760. The Hall–Kier alpha value is -1.41. The summed E-state index contributed by atoms with van der Waals surface area (Å²) in [6, 6.07) is 1.43. The Morgan fingerprint density at radius 3 is 3.08 bits per heavy atom. The number of fused-ring (bicyclic) bond motifs is 1. The number of hydrogen-bond acceptors (Lipinski definition) is 2. The summed E-state index contributed by atoms with van der Waals surface area (Å²) in [5, 5.41) is 11.3. The van der Waals surface area contributed by atoms with Gasteiger partial charge < -0.3 is 5.32 Å². The van der Waals surface area contributed by atoms with Crippen LogP contribution in [0.4, 0.5) is 4.79 Å². The lowest BCUT2D eigenvalue weighted by molar-refractivity contribution is 0.251. The minimum atomic E-state index is -0.360. The SMILES string of the molecule is N#CC1=CC2=NC(=O)NC2C(Br)=C1. The van der Waals surface area contributed by atoms with Crippen molar-refractivity contribution >= 4 is 27.7 Å². The molecule has 0 saturated carbocycles. The fourth-order valence-corrected chi connectivity index (χ4v) is 1.83. The maximum Gasteiger partial charge on any atom is 0.342 e. The van der Waals surface area contributed by atoms with Gasteiger partial charge >= 0.3 is 6.03 Å². The van der Waals surface area contributed by atoms with E-state index in [9.17, 15) is 4.79 Å². The van der Waals surface area contributed by atoms with Crippen LogP contribution in [0, 0.1) is 11.3 Å². The van der Waals surface area contributed by atoms with Crippen LogP contribution in [-0.2, 0) is 0 Å². The Morgan fingerprint density at radius 2 is 2.38 bits per heavy atom. The van der Waals surface area contributed by atoms with E-state index in [1.165, 1.54) is 0 Å².